The number of imidazole rings is 2. The summed E-state index contributed by atoms with van der Waals surface area (Å²) in [6.07, 6.45) is 12.1. The lowest BCUT2D eigenvalue weighted by Crippen LogP contribution is -2.41. The van der Waals surface area contributed by atoms with Gasteiger partial charge in [0.05, 0.1) is 24.3 Å². The summed E-state index contributed by atoms with van der Waals surface area (Å²) in [6, 6.07) is 5.16. The van der Waals surface area contributed by atoms with Crippen LogP contribution in [0.4, 0.5) is 5.69 Å². The number of aromatic amines is 1. The summed E-state index contributed by atoms with van der Waals surface area (Å²) in [7, 11) is 1.98. The highest BCUT2D eigenvalue weighted by Crippen LogP contribution is 2.23. The molecule has 0 radical (unpaired) electrons. The van der Waals surface area contributed by atoms with Crippen molar-refractivity contribution in [2.24, 2.45) is 7.05 Å². The number of anilines is 1. The molecule has 0 bridgehead atoms. The van der Waals surface area contributed by atoms with E-state index < -0.39 is 6.04 Å². The molecule has 0 saturated carbocycles. The van der Waals surface area contributed by atoms with Crippen molar-refractivity contribution < 1.29 is 9.59 Å². The predicted octanol–water partition coefficient (Wildman–Crippen LogP) is 3.69. The van der Waals surface area contributed by atoms with E-state index in [2.05, 4.69) is 49.2 Å². The Kier molecular flexibility index (Phi) is 10.3. The van der Waals surface area contributed by atoms with Gasteiger partial charge in [-0.3, -0.25) is 14.5 Å². The Morgan fingerprint density at radius 2 is 1.77 bits per heavy atom. The molecule has 1 atom stereocenters. The maximum Gasteiger partial charge on any atom is 0.254 e. The lowest BCUT2D eigenvalue weighted by Gasteiger charge is -2.21. The molecule has 1 aliphatic heterocycles. The van der Waals surface area contributed by atoms with Crippen LogP contribution in [-0.4, -0.2) is 66.8 Å². The van der Waals surface area contributed by atoms with E-state index in [-0.39, 0.29) is 11.8 Å². The molecule has 0 spiro atoms. The minimum absolute atomic E-state index is 0.150. The molecule has 10 heteroatoms. The van der Waals surface area contributed by atoms with Crippen LogP contribution >= 0.6 is 0 Å². The number of carbonyl (C=O) groups is 2. The highest BCUT2D eigenvalue weighted by Gasteiger charge is 2.28. The molecule has 1 unspecified atom stereocenters. The first-order valence-corrected chi connectivity index (χ1v) is 14.1. The lowest BCUT2D eigenvalue weighted by atomic mass is 10.1. The van der Waals surface area contributed by atoms with Gasteiger partial charge in [0, 0.05) is 38.4 Å². The van der Waals surface area contributed by atoms with Crippen LogP contribution in [0.2, 0.25) is 0 Å². The summed E-state index contributed by atoms with van der Waals surface area (Å²) in [6.45, 7) is 9.47. The Balaban J connectivity index is 1.39. The van der Waals surface area contributed by atoms with E-state index in [1.54, 1.807) is 12.4 Å². The first-order chi connectivity index (χ1) is 19.0. The van der Waals surface area contributed by atoms with Crippen molar-refractivity contribution in [1.82, 2.24) is 34.6 Å². The van der Waals surface area contributed by atoms with Crippen LogP contribution in [0.15, 0.2) is 43.0 Å². The van der Waals surface area contributed by atoms with Crippen LogP contribution in [0.25, 0.3) is 0 Å². The third-order valence-corrected chi connectivity index (χ3v) is 7.13. The number of H-pyrrole nitrogens is 1. The number of nitrogens with zero attached hydrogens (tertiary/aromatic N) is 5. The maximum atomic E-state index is 13.2. The number of amides is 2. The first kappa shape index (κ1) is 28.5. The normalized spacial score (nSPS) is 15.4. The lowest BCUT2D eigenvalue weighted by molar-refractivity contribution is -0.118. The fraction of sp³-hybridized carbons (Fsp3) is 0.517. The van der Waals surface area contributed by atoms with E-state index in [1.165, 1.54) is 0 Å². The second-order valence-electron chi connectivity index (χ2n) is 10.4. The van der Waals surface area contributed by atoms with Gasteiger partial charge in [0.1, 0.15) is 17.7 Å². The van der Waals surface area contributed by atoms with Crippen molar-refractivity contribution in [2.75, 3.05) is 25.0 Å². The molecule has 39 heavy (non-hydrogen) atoms. The van der Waals surface area contributed by atoms with Gasteiger partial charge in [0.15, 0.2) is 0 Å². The number of nitrogens with one attached hydrogen (secondary N) is 3. The Morgan fingerprint density at radius 1 is 0.949 bits per heavy atom. The molecule has 1 aromatic carbocycles. The standard InChI is InChI=1S/C29H42N8O2/c1-4-14-36(15-5-2)16-7-6-8-25-29(39)33-24-10-9-22(18-23(24)28(38)34-25)19-37(20-26-30-11-12-31-26)21-27-32-13-17-35(27)3/h9-13,17-18,25H,4-8,14-16,19-21H2,1-3H3,(H,30,31)(H,33,39)(H,34,38). The van der Waals surface area contributed by atoms with Crippen LogP contribution in [0.3, 0.4) is 0 Å². The van der Waals surface area contributed by atoms with E-state index in [0.717, 1.165) is 62.5 Å². The van der Waals surface area contributed by atoms with E-state index >= 15 is 0 Å². The summed E-state index contributed by atoms with van der Waals surface area (Å²) in [5.41, 5.74) is 2.03. The van der Waals surface area contributed by atoms with Crippen molar-refractivity contribution in [3.05, 3.63) is 65.8 Å². The van der Waals surface area contributed by atoms with Crippen molar-refractivity contribution in [3.63, 3.8) is 0 Å². The van der Waals surface area contributed by atoms with Gasteiger partial charge < -0.3 is 25.1 Å². The molecule has 2 aromatic heterocycles. The number of hydrogen-bond acceptors (Lipinski definition) is 6. The molecule has 0 aliphatic carbocycles. The number of benzene rings is 1. The topological polar surface area (TPSA) is 111 Å². The monoisotopic (exact) mass is 534 g/mol. The van der Waals surface area contributed by atoms with Crippen LogP contribution < -0.4 is 10.6 Å². The molecule has 2 amide bonds. The number of hydrogen-bond donors (Lipinski definition) is 3. The summed E-state index contributed by atoms with van der Waals surface area (Å²) in [5, 5.41) is 5.96. The Bertz CT molecular complexity index is 1200. The fourth-order valence-electron chi connectivity index (χ4n) is 5.13. The molecular formula is C29H42N8O2. The van der Waals surface area contributed by atoms with Gasteiger partial charge in [-0.05, 0) is 69.4 Å². The van der Waals surface area contributed by atoms with Crippen molar-refractivity contribution in [1.29, 1.82) is 0 Å². The minimum atomic E-state index is -0.530. The van der Waals surface area contributed by atoms with Gasteiger partial charge in [0.25, 0.3) is 5.91 Å². The predicted molar refractivity (Wildman–Crippen MR) is 152 cm³/mol. The summed E-state index contributed by atoms with van der Waals surface area (Å²) >= 11 is 0. The SMILES string of the molecule is CCCN(CCC)CCCCC1NC(=O)c2cc(CN(Cc3ncc[nH]3)Cc3nccn3C)ccc2NC1=O. The highest BCUT2D eigenvalue weighted by molar-refractivity contribution is 6.09. The number of aryl methyl sites for hydroxylation is 1. The van der Waals surface area contributed by atoms with E-state index in [4.69, 9.17) is 0 Å². The third-order valence-electron chi connectivity index (χ3n) is 7.13. The molecule has 3 aromatic rings. The van der Waals surface area contributed by atoms with Crippen LogP contribution in [-0.2, 0) is 31.5 Å². The van der Waals surface area contributed by atoms with Crippen molar-refractivity contribution in [2.45, 2.75) is 71.6 Å². The Hall–Kier alpha value is -3.50. The van der Waals surface area contributed by atoms with E-state index in [1.807, 2.05) is 42.2 Å². The summed E-state index contributed by atoms with van der Waals surface area (Å²) in [4.78, 5) is 42.9. The Labute approximate surface area is 231 Å². The molecular weight excluding hydrogens is 492 g/mol. The van der Waals surface area contributed by atoms with Gasteiger partial charge >= 0.3 is 0 Å². The second kappa shape index (κ2) is 14.0. The average Bonchev–Trinajstić information content (AvgIpc) is 3.55. The molecule has 0 fully saturated rings. The van der Waals surface area contributed by atoms with E-state index in [9.17, 15) is 9.59 Å². The summed E-state index contributed by atoms with van der Waals surface area (Å²) < 4.78 is 2.00. The quantitative estimate of drug-likeness (QED) is 0.257. The third kappa shape index (κ3) is 8.00. The van der Waals surface area contributed by atoms with Crippen LogP contribution in [0, 0.1) is 0 Å². The molecule has 3 heterocycles. The number of fused-ring (bicyclic) bond motifs is 1. The zero-order valence-corrected chi connectivity index (χ0v) is 23.4. The smallest absolute Gasteiger partial charge is 0.254 e. The highest BCUT2D eigenvalue weighted by atomic mass is 16.2. The minimum Gasteiger partial charge on any atom is -0.348 e. The maximum absolute atomic E-state index is 13.2. The van der Waals surface area contributed by atoms with Gasteiger partial charge in [-0.1, -0.05) is 19.9 Å². The summed E-state index contributed by atoms with van der Waals surface area (Å²) in [5.74, 6) is 1.44. The molecule has 4 rings (SSSR count). The fourth-order valence-corrected chi connectivity index (χ4v) is 5.13. The molecule has 3 N–H and O–H groups in total. The molecule has 210 valence electrons. The molecule has 0 saturated heterocycles. The second-order valence-corrected chi connectivity index (χ2v) is 10.4. The first-order valence-electron chi connectivity index (χ1n) is 14.1. The number of rotatable bonds is 15. The van der Waals surface area contributed by atoms with Crippen LogP contribution in [0.1, 0.15) is 73.5 Å². The van der Waals surface area contributed by atoms with Crippen molar-refractivity contribution in [3.8, 4) is 0 Å². The zero-order valence-electron chi connectivity index (χ0n) is 23.4. The Morgan fingerprint density at radius 3 is 2.46 bits per heavy atom. The van der Waals surface area contributed by atoms with Crippen molar-refractivity contribution >= 4 is 17.5 Å². The van der Waals surface area contributed by atoms with Gasteiger partial charge in [-0.15, -0.1) is 0 Å². The average molecular weight is 535 g/mol. The van der Waals surface area contributed by atoms with Gasteiger partial charge in [-0.2, -0.15) is 0 Å². The number of carbonyl (C=O) groups excluding carboxylic acids is 2. The molecule has 10 nitrogen and oxygen atoms in total. The van der Waals surface area contributed by atoms with Gasteiger partial charge in [0.2, 0.25) is 5.91 Å². The number of unbranched alkanes of at least 4 members (excludes halogenated alkanes) is 1. The van der Waals surface area contributed by atoms with Gasteiger partial charge in [-0.25, -0.2) is 9.97 Å². The van der Waals surface area contributed by atoms with Crippen LogP contribution in [0.5, 0.6) is 0 Å². The van der Waals surface area contributed by atoms with E-state index in [0.29, 0.717) is 37.3 Å². The zero-order chi connectivity index (χ0) is 27.6. The number of aromatic nitrogens is 4. The largest absolute Gasteiger partial charge is 0.348 e. The molecule has 1 aliphatic rings.